The Morgan fingerprint density at radius 2 is 0.899 bits per heavy atom. The Balaban J connectivity index is 0. The van der Waals surface area contributed by atoms with Crippen molar-refractivity contribution in [1.82, 2.24) is 21.3 Å². The molecule has 0 saturated carbocycles. The summed E-state index contributed by atoms with van der Waals surface area (Å²) in [6.45, 7) is 22.7. The molecule has 4 amide bonds. The number of aryl methyl sites for hydroxylation is 1. The molecular formula is C57H86N6O16. The third-order valence-electron chi connectivity index (χ3n) is 8.96. The minimum Gasteiger partial charge on any atom is -0.478 e. The van der Waals surface area contributed by atoms with Gasteiger partial charge < -0.3 is 61.5 Å². The number of aromatic carboxylic acids is 1. The number of carbonyl (C=O) groups is 10. The maximum Gasteiger partial charge on any atom is 0.407 e. The number of nitrogens with two attached hydrogens (primary N) is 2. The van der Waals surface area contributed by atoms with Crippen LogP contribution in [0.3, 0.4) is 0 Å². The highest BCUT2D eigenvalue weighted by Gasteiger charge is 2.18. The summed E-state index contributed by atoms with van der Waals surface area (Å²) in [5, 5.41) is 19.0. The molecule has 0 fully saturated rings. The van der Waals surface area contributed by atoms with Crippen molar-refractivity contribution in [2.45, 2.75) is 138 Å². The second-order valence-corrected chi connectivity index (χ2v) is 19.7. The first kappa shape index (κ1) is 73.4. The maximum absolute atomic E-state index is 12.2. The number of ether oxygens (including phenoxy) is 5. The Hall–Kier alpha value is -7.72. The van der Waals surface area contributed by atoms with Gasteiger partial charge in [0.2, 0.25) is 0 Å². The van der Waals surface area contributed by atoms with Gasteiger partial charge in [0.25, 0.3) is 11.8 Å². The number of benzene rings is 3. The molecule has 0 aromatic heterocycles. The highest BCUT2D eigenvalue weighted by Crippen LogP contribution is 2.12. The number of alkyl carbamates (subject to hydrolysis) is 2. The SMILES string of the molecule is CC(C)(C)OC(=O)CCCN.CC(C)(C)OC(=O)NCCNC(=O)c1cccc(C=O)c1.CCOC(=O)CCCCc1cccc(C(=O)NCCNC(=O)OC(C)(C)C)c1.CCOC(=O)CCN.O=Cc1cccc(C(=O)O)c1. The number of nitrogens with one attached hydrogen (secondary N) is 4. The van der Waals surface area contributed by atoms with Crippen LogP contribution in [0.5, 0.6) is 0 Å². The van der Waals surface area contributed by atoms with E-state index in [4.69, 9.17) is 35.5 Å². The largest absolute Gasteiger partial charge is 0.478 e. The minimum absolute atomic E-state index is 0.134. The molecule has 0 unspecified atom stereocenters. The van der Waals surface area contributed by atoms with Crippen molar-refractivity contribution in [2.75, 3.05) is 52.5 Å². The van der Waals surface area contributed by atoms with Crippen molar-refractivity contribution in [3.05, 3.63) is 106 Å². The van der Waals surface area contributed by atoms with Crippen LogP contribution < -0.4 is 32.7 Å². The highest BCUT2D eigenvalue weighted by atomic mass is 16.6. The zero-order chi connectivity index (χ0) is 60.5. The van der Waals surface area contributed by atoms with Crippen LogP contribution >= 0.6 is 0 Å². The summed E-state index contributed by atoms with van der Waals surface area (Å²) in [6.07, 6.45) is 4.53. The van der Waals surface area contributed by atoms with Crippen LogP contribution in [0.15, 0.2) is 72.8 Å². The number of rotatable bonds is 23. The standard InChI is InChI=1S/C21H32N2O5.C15H20N2O4.C8H17NO2.C8H6O3.C5H11NO2/c1-5-27-18(24)12-7-6-9-16-10-8-11-17(15-16)19(25)22-13-14-23-20(26)28-21(2,3)4;1-15(2,3)21-14(20)17-8-7-16-13(19)12-6-4-5-11(9-12)10-18;1-8(2,3)11-7(10)5-4-6-9;9-5-6-2-1-3-7(4-6)8(10)11;1-2-8-5(7)3-4-6/h8,10-11,15H,5-7,9,12-14H2,1-4H3,(H,22,25)(H,23,26);4-6,9-10H,7-8H2,1-3H3,(H,16,19)(H,17,20);4-6,9H2,1-3H3;1-5H,(H,10,11);2-4,6H2,1H3. The molecule has 79 heavy (non-hydrogen) atoms. The monoisotopic (exact) mass is 1110 g/mol. The zero-order valence-electron chi connectivity index (χ0n) is 47.9. The van der Waals surface area contributed by atoms with Crippen molar-refractivity contribution in [1.29, 1.82) is 0 Å². The Labute approximate surface area is 465 Å². The number of carboxylic acids is 1. The van der Waals surface area contributed by atoms with E-state index in [9.17, 15) is 47.9 Å². The third-order valence-corrected chi connectivity index (χ3v) is 8.96. The fraction of sp³-hybridized carbons (Fsp3) is 0.509. The first-order valence-electron chi connectivity index (χ1n) is 25.9. The van der Waals surface area contributed by atoms with E-state index < -0.39 is 29.4 Å². The summed E-state index contributed by atoms with van der Waals surface area (Å²) < 4.78 is 24.7. The average Bonchev–Trinajstić information content (AvgIpc) is 3.36. The topological polar surface area (TPSA) is 337 Å². The van der Waals surface area contributed by atoms with Crippen LogP contribution in [0.2, 0.25) is 0 Å². The smallest absolute Gasteiger partial charge is 0.407 e. The van der Waals surface area contributed by atoms with Crippen LogP contribution in [-0.4, -0.2) is 135 Å². The Kier molecular flexibility index (Phi) is 38.4. The van der Waals surface area contributed by atoms with Crippen LogP contribution in [0.4, 0.5) is 9.59 Å². The molecule has 22 heteroatoms. The average molecular weight is 1110 g/mol. The van der Waals surface area contributed by atoms with Crippen LogP contribution in [-0.2, 0) is 44.5 Å². The van der Waals surface area contributed by atoms with Gasteiger partial charge in [-0.2, -0.15) is 0 Å². The molecule has 22 nitrogen and oxygen atoms in total. The number of hydrogen-bond donors (Lipinski definition) is 7. The second kappa shape index (κ2) is 41.4. The summed E-state index contributed by atoms with van der Waals surface area (Å²) in [7, 11) is 0. The molecule has 3 rings (SSSR count). The van der Waals surface area contributed by atoms with E-state index in [2.05, 4.69) is 26.0 Å². The first-order valence-corrected chi connectivity index (χ1v) is 25.9. The quantitative estimate of drug-likeness (QED) is 0.0215. The number of unbranched alkanes of at least 4 members (excludes halogenated alkanes) is 1. The lowest BCUT2D eigenvalue weighted by Gasteiger charge is -2.19. The second-order valence-electron chi connectivity index (χ2n) is 19.7. The number of carboxylic acid groups (broad SMARTS) is 1. The van der Waals surface area contributed by atoms with Crippen LogP contribution in [0, 0.1) is 0 Å². The molecule has 3 aromatic rings. The lowest BCUT2D eigenvalue weighted by Crippen LogP contribution is -2.37. The lowest BCUT2D eigenvalue weighted by molar-refractivity contribution is -0.155. The Morgan fingerprint density at radius 3 is 1.32 bits per heavy atom. The number of hydrogen-bond acceptors (Lipinski definition) is 17. The van der Waals surface area contributed by atoms with E-state index >= 15 is 0 Å². The molecule has 0 aliphatic carbocycles. The predicted octanol–water partition coefficient (Wildman–Crippen LogP) is 7.13. The van der Waals surface area contributed by atoms with Gasteiger partial charge in [0.15, 0.2) is 0 Å². The van der Waals surface area contributed by atoms with Crippen molar-refractivity contribution in [2.24, 2.45) is 11.5 Å². The number of carbonyl (C=O) groups excluding carboxylic acids is 9. The van der Waals surface area contributed by atoms with Gasteiger partial charge in [-0.05, 0) is 150 Å². The van der Waals surface area contributed by atoms with Crippen LogP contribution in [0.25, 0.3) is 0 Å². The fourth-order valence-electron chi connectivity index (χ4n) is 5.70. The third kappa shape index (κ3) is 43.0. The minimum atomic E-state index is -1.02. The molecule has 0 bridgehead atoms. The van der Waals surface area contributed by atoms with E-state index in [1.165, 1.54) is 24.3 Å². The van der Waals surface area contributed by atoms with Crippen LogP contribution in [0.1, 0.15) is 172 Å². The predicted molar refractivity (Wildman–Crippen MR) is 299 cm³/mol. The van der Waals surface area contributed by atoms with Gasteiger partial charge in [0, 0.05) is 67.8 Å². The van der Waals surface area contributed by atoms with E-state index in [0.29, 0.717) is 93.4 Å². The van der Waals surface area contributed by atoms with Crippen molar-refractivity contribution >= 4 is 60.5 Å². The first-order chi connectivity index (χ1) is 37.0. The van der Waals surface area contributed by atoms with E-state index in [-0.39, 0.29) is 60.5 Å². The van der Waals surface area contributed by atoms with Gasteiger partial charge in [0.05, 0.1) is 25.2 Å². The number of esters is 3. The van der Waals surface area contributed by atoms with Crippen molar-refractivity contribution in [3.8, 4) is 0 Å². The van der Waals surface area contributed by atoms with Gasteiger partial charge in [0.1, 0.15) is 29.4 Å². The zero-order valence-corrected chi connectivity index (χ0v) is 47.9. The van der Waals surface area contributed by atoms with E-state index in [0.717, 1.165) is 24.8 Å². The van der Waals surface area contributed by atoms with Gasteiger partial charge in [-0.15, -0.1) is 0 Å². The summed E-state index contributed by atoms with van der Waals surface area (Å²) >= 11 is 0. The van der Waals surface area contributed by atoms with E-state index in [1.54, 1.807) is 85.7 Å². The molecular weight excluding hydrogens is 1020 g/mol. The normalized spacial score (nSPS) is 10.4. The highest BCUT2D eigenvalue weighted by molar-refractivity contribution is 5.96. The van der Waals surface area contributed by atoms with Gasteiger partial charge in [-0.3, -0.25) is 33.6 Å². The van der Waals surface area contributed by atoms with Crippen molar-refractivity contribution in [3.63, 3.8) is 0 Å². The molecule has 0 radical (unpaired) electrons. The maximum atomic E-state index is 12.2. The number of aldehydes is 2. The van der Waals surface area contributed by atoms with E-state index in [1.807, 2.05) is 39.0 Å². The Bertz CT molecular complexity index is 2330. The molecule has 0 heterocycles. The van der Waals surface area contributed by atoms with Crippen molar-refractivity contribution < 1.29 is 76.7 Å². The van der Waals surface area contributed by atoms with Gasteiger partial charge >= 0.3 is 36.1 Å². The molecule has 0 aliphatic heterocycles. The molecule has 3 aromatic carbocycles. The van der Waals surface area contributed by atoms with Gasteiger partial charge in [-0.1, -0.05) is 36.4 Å². The summed E-state index contributed by atoms with van der Waals surface area (Å²) in [4.78, 5) is 111. The Morgan fingerprint density at radius 1 is 0.494 bits per heavy atom. The summed E-state index contributed by atoms with van der Waals surface area (Å²) in [5.41, 5.74) is 11.8. The molecule has 0 atom stereocenters. The summed E-state index contributed by atoms with van der Waals surface area (Å²) in [5.74, 6) is -2.06. The molecule has 0 saturated heterocycles. The fourth-order valence-corrected chi connectivity index (χ4v) is 5.70. The molecule has 9 N–H and O–H groups in total. The lowest BCUT2D eigenvalue weighted by atomic mass is 10.0. The molecule has 440 valence electrons. The molecule has 0 aliphatic rings. The summed E-state index contributed by atoms with van der Waals surface area (Å²) in [6, 6.07) is 19.6. The number of amides is 4. The van der Waals surface area contributed by atoms with Gasteiger partial charge in [-0.25, -0.2) is 14.4 Å². The molecule has 0 spiro atoms.